The molecule has 0 saturated carbocycles. The Labute approximate surface area is 122 Å². The van der Waals surface area contributed by atoms with Crippen molar-refractivity contribution in [3.05, 3.63) is 44.3 Å². The van der Waals surface area contributed by atoms with Crippen LogP contribution < -0.4 is 4.72 Å². The normalized spacial score (nSPS) is 11.7. The number of halogens is 2. The topological polar surface area (TPSA) is 59.1 Å². The number of rotatable bonds is 4. The molecule has 4 nitrogen and oxygen atoms in total. The molecular weight excluding hydrogens is 360 g/mol. The van der Waals surface area contributed by atoms with Crippen LogP contribution in [0.3, 0.4) is 0 Å². The maximum Gasteiger partial charge on any atom is 0.243 e. The lowest BCUT2D eigenvalue weighted by Crippen LogP contribution is -2.23. The molecule has 96 valence electrons. The smallest absolute Gasteiger partial charge is 0.243 e. The molecule has 0 atom stereocenters. The van der Waals surface area contributed by atoms with Gasteiger partial charge in [-0.3, -0.25) is 4.98 Å². The third kappa shape index (κ3) is 3.10. The van der Waals surface area contributed by atoms with Crippen LogP contribution in [0.4, 0.5) is 0 Å². The fourth-order valence-corrected chi connectivity index (χ4v) is 4.20. The predicted octanol–water partition coefficient (Wildman–Crippen LogP) is 3.04. The number of aromatic nitrogens is 1. The van der Waals surface area contributed by atoms with Gasteiger partial charge in [-0.05, 0) is 33.4 Å². The molecule has 0 amide bonds. The van der Waals surface area contributed by atoms with Crippen LogP contribution in [0.5, 0.6) is 0 Å². The van der Waals surface area contributed by atoms with Gasteiger partial charge in [0.15, 0.2) is 0 Å². The average molecular weight is 368 g/mol. The first-order chi connectivity index (χ1) is 8.50. The van der Waals surface area contributed by atoms with Crippen LogP contribution in [0.25, 0.3) is 0 Å². The van der Waals surface area contributed by atoms with Crippen molar-refractivity contribution in [2.24, 2.45) is 0 Å². The molecule has 18 heavy (non-hydrogen) atoms. The zero-order chi connectivity index (χ0) is 13.2. The molecule has 0 spiro atoms. The van der Waals surface area contributed by atoms with E-state index in [4.69, 9.17) is 11.6 Å². The van der Waals surface area contributed by atoms with Gasteiger partial charge < -0.3 is 0 Å². The van der Waals surface area contributed by atoms with E-state index in [1.54, 1.807) is 0 Å². The van der Waals surface area contributed by atoms with E-state index in [1.165, 1.54) is 29.8 Å². The van der Waals surface area contributed by atoms with Crippen molar-refractivity contribution in [1.29, 1.82) is 0 Å². The van der Waals surface area contributed by atoms with Gasteiger partial charge >= 0.3 is 0 Å². The fraction of sp³-hybridized carbons (Fsp3) is 0.100. The average Bonchev–Trinajstić information content (AvgIpc) is 2.73. The largest absolute Gasteiger partial charge is 0.263 e. The van der Waals surface area contributed by atoms with Crippen molar-refractivity contribution >= 4 is 48.9 Å². The second-order valence-electron chi connectivity index (χ2n) is 3.32. The summed E-state index contributed by atoms with van der Waals surface area (Å²) >= 11 is 10.6. The Morgan fingerprint density at radius 3 is 2.83 bits per heavy atom. The molecule has 0 aliphatic rings. The summed E-state index contributed by atoms with van der Waals surface area (Å²) in [5.41, 5.74) is 0. The maximum absolute atomic E-state index is 12.0. The molecule has 2 aromatic rings. The van der Waals surface area contributed by atoms with E-state index in [0.717, 1.165) is 9.35 Å². The van der Waals surface area contributed by atoms with Gasteiger partial charge in [0.2, 0.25) is 10.0 Å². The quantitative estimate of drug-likeness (QED) is 0.903. The third-order valence-corrected chi connectivity index (χ3v) is 5.93. The van der Waals surface area contributed by atoms with E-state index in [2.05, 4.69) is 25.6 Å². The first-order valence-corrected chi connectivity index (χ1v) is 8.35. The van der Waals surface area contributed by atoms with E-state index < -0.39 is 10.0 Å². The summed E-state index contributed by atoms with van der Waals surface area (Å²) < 4.78 is 27.4. The highest BCUT2D eigenvalue weighted by atomic mass is 79.9. The van der Waals surface area contributed by atoms with E-state index in [9.17, 15) is 8.42 Å². The molecule has 1 N–H and O–H groups in total. The fourth-order valence-electron chi connectivity index (χ4n) is 1.25. The summed E-state index contributed by atoms with van der Waals surface area (Å²) in [6.45, 7) is 0.214. The monoisotopic (exact) mass is 366 g/mol. The molecule has 0 aromatic carbocycles. The highest BCUT2D eigenvalue weighted by Crippen LogP contribution is 2.24. The van der Waals surface area contributed by atoms with Gasteiger partial charge in [-0.1, -0.05) is 11.6 Å². The zero-order valence-corrected chi connectivity index (χ0v) is 12.9. The van der Waals surface area contributed by atoms with E-state index in [1.807, 2.05) is 11.4 Å². The summed E-state index contributed by atoms with van der Waals surface area (Å²) in [6, 6.07) is 3.31. The molecule has 0 unspecified atom stereocenters. The third-order valence-electron chi connectivity index (χ3n) is 2.14. The number of thiophene rings is 1. The second-order valence-corrected chi connectivity index (χ2v) is 7.32. The number of pyridine rings is 1. The van der Waals surface area contributed by atoms with E-state index in [0.29, 0.717) is 0 Å². The number of nitrogens with zero attached hydrogens (tertiary/aromatic N) is 1. The maximum atomic E-state index is 12.0. The molecule has 0 aliphatic heterocycles. The Bertz CT molecular complexity index is 657. The van der Waals surface area contributed by atoms with E-state index >= 15 is 0 Å². The van der Waals surface area contributed by atoms with Crippen LogP contribution in [0.1, 0.15) is 4.88 Å². The molecular formula is C10H8BrClN2O2S2. The van der Waals surface area contributed by atoms with Crippen LogP contribution in [0.15, 0.2) is 39.3 Å². The second kappa shape index (κ2) is 5.66. The molecule has 0 saturated heterocycles. The lowest BCUT2D eigenvalue weighted by Gasteiger charge is -2.07. The molecule has 2 rings (SSSR count). The first kappa shape index (κ1) is 14.0. The number of hydrogen-bond acceptors (Lipinski definition) is 4. The molecule has 2 heterocycles. The Morgan fingerprint density at radius 1 is 1.44 bits per heavy atom. The van der Waals surface area contributed by atoms with Crippen molar-refractivity contribution in [2.45, 2.75) is 11.4 Å². The standard InChI is InChI=1S/C10H8BrClN2O2S2/c11-7-2-4-17-9(7)5-14-18(15,16)10-6-13-3-1-8(10)12/h1-4,6,14H,5H2. The number of hydrogen-bond donors (Lipinski definition) is 1. The van der Waals surface area contributed by atoms with Gasteiger partial charge in [-0.25, -0.2) is 13.1 Å². The Morgan fingerprint density at radius 2 is 2.22 bits per heavy atom. The van der Waals surface area contributed by atoms with Crippen LogP contribution in [0.2, 0.25) is 5.02 Å². The van der Waals surface area contributed by atoms with Gasteiger partial charge in [-0.2, -0.15) is 0 Å². The van der Waals surface area contributed by atoms with Crippen LogP contribution >= 0.6 is 38.9 Å². The Hall–Kier alpha value is -0.470. The lowest BCUT2D eigenvalue weighted by molar-refractivity contribution is 0.581. The minimum absolute atomic E-state index is 0.0145. The van der Waals surface area contributed by atoms with Crippen molar-refractivity contribution in [1.82, 2.24) is 9.71 Å². The van der Waals surface area contributed by atoms with Crippen LogP contribution in [0, 0.1) is 0 Å². The van der Waals surface area contributed by atoms with Crippen molar-refractivity contribution in [2.75, 3.05) is 0 Å². The summed E-state index contributed by atoms with van der Waals surface area (Å²) in [5, 5.41) is 2.04. The van der Waals surface area contributed by atoms with Crippen molar-refractivity contribution in [3.8, 4) is 0 Å². The summed E-state index contributed by atoms with van der Waals surface area (Å²) in [5.74, 6) is 0. The van der Waals surface area contributed by atoms with Crippen molar-refractivity contribution < 1.29 is 8.42 Å². The zero-order valence-electron chi connectivity index (χ0n) is 8.93. The highest BCUT2D eigenvalue weighted by molar-refractivity contribution is 9.10. The molecule has 0 bridgehead atoms. The van der Waals surface area contributed by atoms with Gasteiger partial charge in [0, 0.05) is 28.3 Å². The minimum atomic E-state index is -3.64. The summed E-state index contributed by atoms with van der Waals surface area (Å²) in [7, 11) is -3.64. The summed E-state index contributed by atoms with van der Waals surface area (Å²) in [4.78, 5) is 4.65. The molecule has 0 radical (unpaired) electrons. The van der Waals surface area contributed by atoms with Crippen LogP contribution in [-0.2, 0) is 16.6 Å². The molecule has 8 heteroatoms. The summed E-state index contributed by atoms with van der Waals surface area (Å²) in [6.07, 6.45) is 2.67. The predicted molar refractivity (Wildman–Crippen MR) is 75.3 cm³/mol. The Kier molecular flexibility index (Phi) is 4.39. The van der Waals surface area contributed by atoms with Crippen LogP contribution in [-0.4, -0.2) is 13.4 Å². The molecule has 0 aliphatic carbocycles. The van der Waals surface area contributed by atoms with Crippen molar-refractivity contribution in [3.63, 3.8) is 0 Å². The number of nitrogens with one attached hydrogen (secondary N) is 1. The first-order valence-electron chi connectivity index (χ1n) is 4.82. The highest BCUT2D eigenvalue weighted by Gasteiger charge is 2.18. The molecule has 2 aromatic heterocycles. The lowest BCUT2D eigenvalue weighted by atomic mass is 10.5. The van der Waals surface area contributed by atoms with E-state index in [-0.39, 0.29) is 16.5 Å². The van der Waals surface area contributed by atoms with Gasteiger partial charge in [0.05, 0.1) is 5.02 Å². The van der Waals surface area contributed by atoms with Gasteiger partial charge in [-0.15, -0.1) is 11.3 Å². The van der Waals surface area contributed by atoms with Gasteiger partial charge in [0.25, 0.3) is 0 Å². The molecule has 0 fully saturated rings. The minimum Gasteiger partial charge on any atom is -0.263 e. The SMILES string of the molecule is O=S(=O)(NCc1sccc1Br)c1cnccc1Cl. The Balaban J connectivity index is 2.19. The van der Waals surface area contributed by atoms with Gasteiger partial charge in [0.1, 0.15) is 4.90 Å². The number of sulfonamides is 1.